The van der Waals surface area contributed by atoms with Crippen LogP contribution in [0, 0.1) is 5.89 Å². The minimum absolute atomic E-state index is 0.104. The van der Waals surface area contributed by atoms with Gasteiger partial charge in [0.15, 0.2) is 0 Å². The number of hydrogen-bond donors (Lipinski definition) is 3. The number of urea groups is 1. The summed E-state index contributed by atoms with van der Waals surface area (Å²) in [6.45, 7) is -6.64. The average Bonchev–Trinajstić information content (AvgIpc) is 3.17. The molecule has 3 amide bonds. The predicted octanol–water partition coefficient (Wildman–Crippen LogP) is 6.22. The molecular formula is C41H50N4O3. The molecule has 0 aliphatic carbocycles. The largest absolute Gasteiger partial charge is 0.391 e. The molecule has 48 heavy (non-hydrogen) atoms. The maximum Gasteiger partial charge on any atom is 0.318 e. The van der Waals surface area contributed by atoms with Gasteiger partial charge in [-0.25, -0.2) is 4.79 Å². The Hall–Kier alpha value is -4.46. The number of nitrogens with one attached hydrogen (secondary N) is 2. The highest BCUT2D eigenvalue weighted by Crippen LogP contribution is 2.23. The van der Waals surface area contributed by atoms with Crippen LogP contribution in [-0.2, 0) is 30.7 Å². The molecule has 1 unspecified atom stereocenters. The van der Waals surface area contributed by atoms with Gasteiger partial charge in [-0.1, -0.05) is 135 Å². The number of hydrogen-bond acceptors (Lipinski definition) is 4. The minimum atomic E-state index is -3.76. The van der Waals surface area contributed by atoms with Gasteiger partial charge in [0.25, 0.3) is 0 Å². The van der Waals surface area contributed by atoms with Crippen LogP contribution in [0.4, 0.5) is 4.79 Å². The van der Waals surface area contributed by atoms with E-state index in [1.165, 1.54) is 0 Å². The number of rotatable bonds is 16. The van der Waals surface area contributed by atoms with Crippen molar-refractivity contribution < 1.29 is 25.7 Å². The fourth-order valence-corrected chi connectivity index (χ4v) is 6.30. The summed E-state index contributed by atoms with van der Waals surface area (Å²) in [6.07, 6.45) is -0.538. The maximum atomic E-state index is 14.7. The Kier molecular flexibility index (Phi) is 9.38. The summed E-state index contributed by atoms with van der Waals surface area (Å²) in [6, 6.07) is 32.4. The van der Waals surface area contributed by atoms with Gasteiger partial charge in [0.05, 0.1) is 7.47 Å². The Morgan fingerprint density at radius 3 is 1.83 bits per heavy atom. The zero-order valence-electron chi connectivity index (χ0n) is 35.1. The van der Waals surface area contributed by atoms with Crippen molar-refractivity contribution in [3.05, 3.63) is 144 Å². The molecule has 0 aromatic heterocycles. The van der Waals surface area contributed by atoms with Crippen LogP contribution in [0.25, 0.3) is 0 Å². The van der Waals surface area contributed by atoms with Gasteiger partial charge in [0.1, 0.15) is 6.02 Å². The van der Waals surface area contributed by atoms with E-state index in [1.807, 2.05) is 109 Å². The van der Waals surface area contributed by atoms with E-state index in [9.17, 15) is 16.1 Å². The summed E-state index contributed by atoms with van der Waals surface area (Å²) in [5.74, 6) is -5.20. The van der Waals surface area contributed by atoms with Crippen molar-refractivity contribution in [2.45, 2.75) is 76.7 Å². The summed E-state index contributed by atoms with van der Waals surface area (Å²) in [7, 11) is 0. The van der Waals surface area contributed by atoms with Crippen LogP contribution >= 0.6 is 0 Å². The molecule has 4 atom stereocenters. The summed E-state index contributed by atoms with van der Waals surface area (Å²) in [5, 5.41) is 17.6. The van der Waals surface area contributed by atoms with Crippen LogP contribution in [0.3, 0.4) is 0 Å². The van der Waals surface area contributed by atoms with Gasteiger partial charge in [-0.05, 0) is 53.8 Å². The van der Waals surface area contributed by atoms with Gasteiger partial charge in [-0.2, -0.15) is 0 Å². The van der Waals surface area contributed by atoms with E-state index in [2.05, 4.69) is 15.5 Å². The first kappa shape index (κ1) is 25.5. The van der Waals surface area contributed by atoms with Crippen molar-refractivity contribution in [2.24, 2.45) is 5.89 Å². The normalized spacial score (nSPS) is 19.7. The molecule has 1 aliphatic heterocycles. The van der Waals surface area contributed by atoms with E-state index in [-0.39, 0.29) is 32.4 Å². The first-order valence-corrected chi connectivity index (χ1v) is 16.5. The average molecular weight is 655 g/mol. The van der Waals surface area contributed by atoms with E-state index < -0.39 is 55.7 Å². The molecule has 4 aromatic carbocycles. The third-order valence-electron chi connectivity index (χ3n) is 8.65. The summed E-state index contributed by atoms with van der Waals surface area (Å²) in [4.78, 5) is 30.7. The lowest BCUT2D eigenvalue weighted by molar-refractivity contribution is -0.128. The molecule has 1 saturated heterocycles. The molecule has 1 fully saturated rings. The van der Waals surface area contributed by atoms with Crippen molar-refractivity contribution in [2.75, 3.05) is 13.1 Å². The second-order valence-electron chi connectivity index (χ2n) is 12.3. The molecule has 1 aliphatic rings. The van der Waals surface area contributed by atoms with Crippen LogP contribution in [0.5, 0.6) is 0 Å². The smallest absolute Gasteiger partial charge is 0.318 e. The van der Waals surface area contributed by atoms with Gasteiger partial charge in [-0.15, -0.1) is 0 Å². The SMILES string of the molecule is [2H]C([2H])([2H])C([2H])(C([2H])([2H])[2H])C([2H])(C(=O)N[C@H](Cc1ccccc1)C[C@@H](O)[C@@H](Cc1ccccc1)N(Cc1ccccc1)Cc1ccccc1)N1CCCNC1=O. The third-order valence-corrected chi connectivity index (χ3v) is 8.65. The van der Waals surface area contributed by atoms with Gasteiger partial charge in [0, 0.05) is 47.9 Å². The van der Waals surface area contributed by atoms with Gasteiger partial charge in [0.2, 0.25) is 5.91 Å². The van der Waals surface area contributed by atoms with E-state index in [0.717, 1.165) is 22.3 Å². The lowest BCUT2D eigenvalue weighted by atomic mass is 9.91. The first-order chi connectivity index (χ1) is 26.5. The highest BCUT2D eigenvalue weighted by molar-refractivity contribution is 5.87. The maximum absolute atomic E-state index is 14.7. The van der Waals surface area contributed by atoms with Crippen molar-refractivity contribution in [1.29, 1.82) is 0 Å². The lowest BCUT2D eigenvalue weighted by Gasteiger charge is -2.38. The van der Waals surface area contributed by atoms with E-state index in [1.54, 1.807) is 12.1 Å². The van der Waals surface area contributed by atoms with Crippen molar-refractivity contribution in [3.63, 3.8) is 0 Å². The van der Waals surface area contributed by atoms with Crippen LogP contribution in [0.15, 0.2) is 121 Å². The number of nitrogens with zero attached hydrogens (tertiary/aromatic N) is 2. The Morgan fingerprint density at radius 2 is 1.33 bits per heavy atom. The number of amides is 3. The number of carbonyl (C=O) groups is 2. The topological polar surface area (TPSA) is 84.9 Å². The molecule has 4 aromatic rings. The van der Waals surface area contributed by atoms with Crippen molar-refractivity contribution in [3.8, 4) is 0 Å². The Balaban J connectivity index is 1.57. The molecular weight excluding hydrogens is 596 g/mol. The van der Waals surface area contributed by atoms with Crippen LogP contribution in [0.2, 0.25) is 0 Å². The molecule has 7 heteroatoms. The van der Waals surface area contributed by atoms with Gasteiger partial charge >= 0.3 is 6.03 Å². The van der Waals surface area contributed by atoms with Gasteiger partial charge in [-0.3, -0.25) is 9.69 Å². The zero-order valence-corrected chi connectivity index (χ0v) is 27.1. The Morgan fingerprint density at radius 1 is 0.833 bits per heavy atom. The van der Waals surface area contributed by atoms with Gasteiger partial charge < -0.3 is 20.6 Å². The van der Waals surface area contributed by atoms with Crippen molar-refractivity contribution >= 4 is 11.9 Å². The first-order valence-electron chi connectivity index (χ1n) is 20.5. The summed E-state index contributed by atoms with van der Waals surface area (Å²) >= 11 is 0. The van der Waals surface area contributed by atoms with Crippen LogP contribution in [0.1, 0.15) is 59.8 Å². The Labute approximate surface area is 297 Å². The summed E-state index contributed by atoms with van der Waals surface area (Å²) < 4.78 is 67.9. The number of carbonyl (C=O) groups excluding carboxylic acids is 2. The van der Waals surface area contributed by atoms with E-state index in [4.69, 9.17) is 9.60 Å². The third kappa shape index (κ3) is 10.0. The molecule has 0 saturated carbocycles. The highest BCUT2D eigenvalue weighted by atomic mass is 16.3. The lowest BCUT2D eigenvalue weighted by Crippen LogP contribution is -2.59. The number of aliphatic hydroxyl groups excluding tert-OH is 1. The fourth-order valence-electron chi connectivity index (χ4n) is 6.30. The van der Waals surface area contributed by atoms with E-state index in [0.29, 0.717) is 24.4 Å². The standard InChI is InChI=1S/C41H50N4O3/c1-31(2)39(45-25-15-24-42-41(45)48)40(47)43-36(26-32-16-7-3-8-17-32)28-38(46)37(27-33-18-9-4-10-19-33)44(29-34-20-11-5-12-21-34)30-35-22-13-6-14-23-35/h3-14,16-23,31,36-39,46H,15,24-30H2,1-2H3,(H,42,48)(H,43,47)/t36-,37-,38-,39?/m1/s1/i1D3,2D3,31D,39D. The summed E-state index contributed by atoms with van der Waals surface area (Å²) in [5.41, 5.74) is 3.73. The van der Waals surface area contributed by atoms with Crippen LogP contribution in [-0.4, -0.2) is 64.1 Å². The quantitative estimate of drug-likeness (QED) is 0.134. The molecule has 7 nitrogen and oxygen atoms in total. The minimum Gasteiger partial charge on any atom is -0.391 e. The monoisotopic (exact) mass is 654 g/mol. The van der Waals surface area contributed by atoms with Crippen molar-refractivity contribution in [1.82, 2.24) is 20.4 Å². The van der Waals surface area contributed by atoms with Crippen LogP contribution < -0.4 is 10.6 Å². The molecule has 0 radical (unpaired) electrons. The number of benzene rings is 4. The fraction of sp³-hybridized carbons (Fsp3) is 0.366. The highest BCUT2D eigenvalue weighted by Gasteiger charge is 2.36. The molecule has 3 N–H and O–H groups in total. The predicted molar refractivity (Wildman–Crippen MR) is 192 cm³/mol. The molecule has 5 rings (SSSR count). The second kappa shape index (κ2) is 17.6. The number of aliphatic hydroxyl groups is 1. The molecule has 0 spiro atoms. The molecule has 252 valence electrons. The zero-order chi connectivity index (χ0) is 40.6. The van der Waals surface area contributed by atoms with E-state index >= 15 is 0 Å². The Bertz CT molecular complexity index is 1800. The second-order valence-corrected chi connectivity index (χ2v) is 12.3. The molecule has 0 bridgehead atoms. The molecule has 1 heterocycles.